The topological polar surface area (TPSA) is 56.1 Å². The summed E-state index contributed by atoms with van der Waals surface area (Å²) in [4.78, 5) is 11.7. The number of hydrogen-bond donors (Lipinski definition) is 1. The molecule has 0 aliphatic rings. The summed E-state index contributed by atoms with van der Waals surface area (Å²) < 4.78 is 7.48. The molecule has 2 aromatic rings. The molecule has 0 saturated heterocycles. The predicted octanol–water partition coefficient (Wildman–Crippen LogP) is 3.12. The quantitative estimate of drug-likeness (QED) is 0.765. The molecule has 0 bridgehead atoms. The van der Waals surface area contributed by atoms with Crippen molar-refractivity contribution in [3.8, 4) is 5.75 Å². The number of ether oxygens (including phenoxy) is 1. The third kappa shape index (κ3) is 4.59. The van der Waals surface area contributed by atoms with Gasteiger partial charge in [-0.25, -0.2) is 4.68 Å². The Hall–Kier alpha value is -1.82. The fourth-order valence-corrected chi connectivity index (χ4v) is 2.41. The predicted molar refractivity (Wildman–Crippen MR) is 91.6 cm³/mol. The molecule has 0 aliphatic heterocycles. The Labute approximate surface area is 138 Å². The van der Waals surface area contributed by atoms with Gasteiger partial charge in [-0.05, 0) is 47.8 Å². The number of unbranched alkanes of at least 4 members (excludes halogenated alkanes) is 1. The van der Waals surface area contributed by atoms with E-state index in [-0.39, 0.29) is 5.56 Å². The third-order valence-corrected chi connectivity index (χ3v) is 4.02. The molecule has 5 nitrogen and oxygen atoms in total. The lowest BCUT2D eigenvalue weighted by Crippen LogP contribution is -2.21. The molecule has 1 aromatic carbocycles. The number of benzene rings is 1. The van der Waals surface area contributed by atoms with Crippen molar-refractivity contribution >= 4 is 21.6 Å². The van der Waals surface area contributed by atoms with E-state index in [1.54, 1.807) is 13.2 Å². The molecule has 0 fully saturated rings. The average molecular weight is 366 g/mol. The van der Waals surface area contributed by atoms with Gasteiger partial charge in [0.2, 0.25) is 0 Å². The van der Waals surface area contributed by atoms with Crippen LogP contribution in [0.1, 0.15) is 18.4 Å². The van der Waals surface area contributed by atoms with E-state index in [1.165, 1.54) is 10.2 Å². The van der Waals surface area contributed by atoms with Gasteiger partial charge in [-0.2, -0.15) is 5.10 Å². The minimum absolute atomic E-state index is 0.146. The van der Waals surface area contributed by atoms with Crippen LogP contribution in [-0.2, 0) is 7.05 Å². The average Bonchev–Trinajstić information content (AvgIpc) is 2.52. The highest BCUT2D eigenvalue weighted by Crippen LogP contribution is 2.16. The Balaban J connectivity index is 1.68. The van der Waals surface area contributed by atoms with Gasteiger partial charge < -0.3 is 10.1 Å². The first-order valence-electron chi connectivity index (χ1n) is 7.23. The van der Waals surface area contributed by atoms with E-state index in [2.05, 4.69) is 33.3 Å². The fraction of sp³-hybridized carbons (Fsp3) is 0.375. The van der Waals surface area contributed by atoms with E-state index < -0.39 is 0 Å². The SMILES string of the molecule is Cc1ccc(OCCCCNc2cnn(C)c(=O)c2Br)cc1. The summed E-state index contributed by atoms with van der Waals surface area (Å²) in [5.74, 6) is 0.900. The summed E-state index contributed by atoms with van der Waals surface area (Å²) in [6.45, 7) is 3.50. The lowest BCUT2D eigenvalue weighted by Gasteiger charge is -2.09. The van der Waals surface area contributed by atoms with Gasteiger partial charge >= 0.3 is 0 Å². The van der Waals surface area contributed by atoms with Crippen molar-refractivity contribution in [3.05, 3.63) is 50.9 Å². The maximum absolute atomic E-state index is 11.7. The number of anilines is 1. The molecular weight excluding hydrogens is 346 g/mol. The van der Waals surface area contributed by atoms with Crippen molar-refractivity contribution < 1.29 is 4.74 Å². The second-order valence-corrected chi connectivity index (χ2v) is 5.89. The van der Waals surface area contributed by atoms with Crippen molar-refractivity contribution in [2.24, 2.45) is 7.05 Å². The second kappa shape index (κ2) is 7.98. The van der Waals surface area contributed by atoms with Crippen LogP contribution >= 0.6 is 15.9 Å². The number of aromatic nitrogens is 2. The lowest BCUT2D eigenvalue weighted by atomic mass is 10.2. The Bertz CT molecular complexity index is 668. The first kappa shape index (κ1) is 16.5. The minimum Gasteiger partial charge on any atom is -0.494 e. The highest BCUT2D eigenvalue weighted by molar-refractivity contribution is 9.10. The largest absolute Gasteiger partial charge is 0.494 e. The maximum atomic E-state index is 11.7. The van der Waals surface area contributed by atoms with E-state index in [4.69, 9.17) is 4.74 Å². The molecular formula is C16H20BrN3O2. The van der Waals surface area contributed by atoms with Gasteiger partial charge in [0.15, 0.2) is 0 Å². The van der Waals surface area contributed by atoms with Crippen LogP contribution in [-0.4, -0.2) is 22.9 Å². The molecule has 118 valence electrons. The number of halogens is 1. The first-order chi connectivity index (χ1) is 10.6. The molecule has 0 amide bonds. The third-order valence-electron chi connectivity index (χ3n) is 3.25. The summed E-state index contributed by atoms with van der Waals surface area (Å²) in [6.07, 6.45) is 3.54. The van der Waals surface area contributed by atoms with Crippen LogP contribution in [0, 0.1) is 6.92 Å². The smallest absolute Gasteiger partial charge is 0.282 e. The van der Waals surface area contributed by atoms with Gasteiger partial charge in [0, 0.05) is 13.6 Å². The minimum atomic E-state index is -0.146. The number of rotatable bonds is 7. The molecule has 0 spiro atoms. The van der Waals surface area contributed by atoms with Crippen molar-refractivity contribution in [2.75, 3.05) is 18.5 Å². The highest BCUT2D eigenvalue weighted by Gasteiger charge is 2.05. The van der Waals surface area contributed by atoms with Gasteiger partial charge in [-0.1, -0.05) is 17.7 Å². The molecule has 22 heavy (non-hydrogen) atoms. The normalized spacial score (nSPS) is 10.5. The standard InChI is InChI=1S/C16H20BrN3O2/c1-12-5-7-13(8-6-12)22-10-4-3-9-18-14-11-19-20(2)16(21)15(14)17/h5-8,11,18H,3-4,9-10H2,1-2H3. The van der Waals surface area contributed by atoms with E-state index in [0.717, 1.165) is 30.8 Å². The Morgan fingerprint density at radius 3 is 2.73 bits per heavy atom. The lowest BCUT2D eigenvalue weighted by molar-refractivity contribution is 0.308. The van der Waals surface area contributed by atoms with Crippen LogP contribution in [0.2, 0.25) is 0 Å². The second-order valence-electron chi connectivity index (χ2n) is 5.10. The van der Waals surface area contributed by atoms with Crippen molar-refractivity contribution in [3.63, 3.8) is 0 Å². The van der Waals surface area contributed by atoms with E-state index in [9.17, 15) is 4.79 Å². The molecule has 1 N–H and O–H groups in total. The summed E-state index contributed by atoms with van der Waals surface area (Å²) >= 11 is 3.29. The van der Waals surface area contributed by atoms with Crippen LogP contribution in [0.5, 0.6) is 5.75 Å². The van der Waals surface area contributed by atoms with Gasteiger partial charge in [0.1, 0.15) is 10.2 Å². The molecule has 1 heterocycles. The van der Waals surface area contributed by atoms with E-state index >= 15 is 0 Å². The zero-order valence-electron chi connectivity index (χ0n) is 12.8. The molecule has 0 radical (unpaired) electrons. The van der Waals surface area contributed by atoms with Crippen LogP contribution in [0.25, 0.3) is 0 Å². The van der Waals surface area contributed by atoms with E-state index in [0.29, 0.717) is 11.1 Å². The number of aryl methyl sites for hydroxylation is 2. The number of hydrogen-bond acceptors (Lipinski definition) is 4. The number of nitrogens with zero attached hydrogens (tertiary/aromatic N) is 2. The van der Waals surface area contributed by atoms with Gasteiger partial charge in [-0.3, -0.25) is 4.79 Å². The maximum Gasteiger partial charge on any atom is 0.282 e. The van der Waals surface area contributed by atoms with Crippen molar-refractivity contribution in [1.82, 2.24) is 9.78 Å². The zero-order valence-corrected chi connectivity index (χ0v) is 14.4. The van der Waals surface area contributed by atoms with Crippen LogP contribution < -0.4 is 15.6 Å². The highest BCUT2D eigenvalue weighted by atomic mass is 79.9. The first-order valence-corrected chi connectivity index (χ1v) is 8.02. The monoisotopic (exact) mass is 365 g/mol. The van der Waals surface area contributed by atoms with Crippen LogP contribution in [0.3, 0.4) is 0 Å². The zero-order chi connectivity index (χ0) is 15.9. The molecule has 1 aromatic heterocycles. The van der Waals surface area contributed by atoms with Gasteiger partial charge in [0.05, 0.1) is 18.5 Å². The summed E-state index contributed by atoms with van der Waals surface area (Å²) in [6, 6.07) is 8.04. The molecule has 0 unspecified atom stereocenters. The van der Waals surface area contributed by atoms with Gasteiger partial charge in [-0.15, -0.1) is 0 Å². The molecule has 0 atom stereocenters. The van der Waals surface area contributed by atoms with Crippen LogP contribution in [0.15, 0.2) is 39.7 Å². The molecule has 0 aliphatic carbocycles. The Morgan fingerprint density at radius 2 is 2.00 bits per heavy atom. The Kier molecular flexibility index (Phi) is 6.00. The van der Waals surface area contributed by atoms with Gasteiger partial charge in [0.25, 0.3) is 5.56 Å². The fourth-order valence-electron chi connectivity index (χ4n) is 1.91. The summed E-state index contributed by atoms with van der Waals surface area (Å²) in [5, 5.41) is 7.20. The molecule has 6 heteroatoms. The van der Waals surface area contributed by atoms with Crippen molar-refractivity contribution in [2.45, 2.75) is 19.8 Å². The van der Waals surface area contributed by atoms with Crippen LogP contribution in [0.4, 0.5) is 5.69 Å². The molecule has 2 rings (SSSR count). The number of nitrogens with one attached hydrogen (secondary N) is 1. The Morgan fingerprint density at radius 1 is 1.27 bits per heavy atom. The summed E-state index contributed by atoms with van der Waals surface area (Å²) in [7, 11) is 1.62. The van der Waals surface area contributed by atoms with E-state index in [1.807, 2.05) is 24.3 Å². The summed E-state index contributed by atoms with van der Waals surface area (Å²) in [5.41, 5.74) is 1.81. The van der Waals surface area contributed by atoms with Crippen molar-refractivity contribution in [1.29, 1.82) is 0 Å². The molecule has 0 saturated carbocycles.